The van der Waals surface area contributed by atoms with Gasteiger partial charge in [-0.1, -0.05) is 0 Å². The van der Waals surface area contributed by atoms with E-state index >= 15 is 0 Å². The Balaban J connectivity index is 1.79. The topological polar surface area (TPSA) is 70.4 Å². The van der Waals surface area contributed by atoms with Crippen molar-refractivity contribution in [2.45, 2.75) is 39.3 Å². The van der Waals surface area contributed by atoms with Crippen molar-refractivity contribution in [2.24, 2.45) is 5.92 Å². The predicted molar refractivity (Wildman–Crippen MR) is 81.1 cm³/mol. The molecule has 1 fully saturated rings. The highest BCUT2D eigenvalue weighted by molar-refractivity contribution is 5.68. The zero-order chi connectivity index (χ0) is 15.2. The first-order valence-electron chi connectivity index (χ1n) is 7.73. The average Bonchev–Trinajstić information content (AvgIpc) is 2.87. The quantitative estimate of drug-likeness (QED) is 0.794. The molecule has 0 radical (unpaired) electrons. The van der Waals surface area contributed by atoms with Crippen LogP contribution in [0.25, 0.3) is 0 Å². The molecule has 21 heavy (non-hydrogen) atoms. The molecule has 1 unspecified atom stereocenters. The molecule has 0 bridgehead atoms. The molecule has 0 amide bonds. The number of hydrogen-bond acceptors (Lipinski definition) is 4. The number of rotatable bonds is 7. The van der Waals surface area contributed by atoms with Crippen molar-refractivity contribution in [3.8, 4) is 0 Å². The van der Waals surface area contributed by atoms with Crippen molar-refractivity contribution in [2.75, 3.05) is 26.2 Å². The second-order valence-electron chi connectivity index (χ2n) is 6.15. The second-order valence-corrected chi connectivity index (χ2v) is 6.15. The van der Waals surface area contributed by atoms with E-state index < -0.39 is 5.97 Å². The Morgan fingerprint density at radius 3 is 3.05 bits per heavy atom. The van der Waals surface area contributed by atoms with E-state index in [-0.39, 0.29) is 6.54 Å². The summed E-state index contributed by atoms with van der Waals surface area (Å²) < 4.78 is 1.99. The van der Waals surface area contributed by atoms with Crippen LogP contribution < -0.4 is 5.32 Å². The first-order valence-corrected chi connectivity index (χ1v) is 7.73. The van der Waals surface area contributed by atoms with Crippen molar-refractivity contribution in [3.63, 3.8) is 0 Å². The van der Waals surface area contributed by atoms with Crippen LogP contribution in [0, 0.1) is 5.92 Å². The average molecular weight is 294 g/mol. The van der Waals surface area contributed by atoms with Gasteiger partial charge in [0.2, 0.25) is 0 Å². The zero-order valence-corrected chi connectivity index (χ0v) is 13.0. The van der Waals surface area contributed by atoms with Crippen molar-refractivity contribution in [1.29, 1.82) is 0 Å². The van der Waals surface area contributed by atoms with Gasteiger partial charge in [0.1, 0.15) is 0 Å². The summed E-state index contributed by atoms with van der Waals surface area (Å²) in [6.07, 6.45) is 4.38. The van der Waals surface area contributed by atoms with Crippen LogP contribution in [0.3, 0.4) is 0 Å². The highest BCUT2D eigenvalue weighted by atomic mass is 16.4. The fourth-order valence-electron chi connectivity index (χ4n) is 2.82. The van der Waals surface area contributed by atoms with E-state index in [0.717, 1.165) is 31.9 Å². The molecule has 1 saturated heterocycles. The van der Waals surface area contributed by atoms with Gasteiger partial charge in [-0.3, -0.25) is 14.4 Å². The van der Waals surface area contributed by atoms with Gasteiger partial charge < -0.3 is 10.4 Å². The molecule has 1 aliphatic rings. The number of likely N-dealkylation sites (tertiary alicyclic amines) is 1. The van der Waals surface area contributed by atoms with Crippen LogP contribution in [-0.4, -0.2) is 51.9 Å². The van der Waals surface area contributed by atoms with Crippen LogP contribution in [-0.2, 0) is 11.3 Å². The molecule has 1 aliphatic heterocycles. The highest BCUT2D eigenvalue weighted by Crippen LogP contribution is 2.18. The Kier molecular flexibility index (Phi) is 5.76. The number of nitrogens with zero attached hydrogens (tertiary/aromatic N) is 3. The second kappa shape index (κ2) is 7.56. The summed E-state index contributed by atoms with van der Waals surface area (Å²) in [4.78, 5) is 12.9. The van der Waals surface area contributed by atoms with E-state index in [1.165, 1.54) is 12.8 Å². The Morgan fingerprint density at radius 1 is 1.57 bits per heavy atom. The van der Waals surface area contributed by atoms with Crippen molar-refractivity contribution in [3.05, 3.63) is 18.0 Å². The van der Waals surface area contributed by atoms with Gasteiger partial charge >= 0.3 is 5.97 Å². The molecule has 118 valence electrons. The maximum absolute atomic E-state index is 10.5. The predicted octanol–water partition coefficient (Wildman–Crippen LogP) is 1.35. The lowest BCUT2D eigenvalue weighted by Gasteiger charge is -2.32. The highest BCUT2D eigenvalue weighted by Gasteiger charge is 2.20. The lowest BCUT2D eigenvalue weighted by molar-refractivity contribution is -0.136. The number of carbonyl (C=O) groups is 1. The molecule has 6 heteroatoms. The molecule has 1 aromatic heterocycles. The van der Waals surface area contributed by atoms with Gasteiger partial charge in [-0.2, -0.15) is 5.10 Å². The standard InChI is InChI=1S/C15H26N4O2/c1-12(2)19-7-5-14(17-19)11-18-6-3-4-13(10-18)8-16-9-15(20)21/h5,7,12-13,16H,3-4,6,8-11H2,1-2H3,(H,20,21). The lowest BCUT2D eigenvalue weighted by Crippen LogP contribution is -2.40. The largest absolute Gasteiger partial charge is 0.480 e. The molecule has 0 spiro atoms. The summed E-state index contributed by atoms with van der Waals surface area (Å²) in [5, 5.41) is 16.3. The molecular formula is C15H26N4O2. The first kappa shape index (κ1) is 16.0. The molecule has 0 aliphatic carbocycles. The first-order chi connectivity index (χ1) is 10.0. The monoisotopic (exact) mass is 294 g/mol. The molecular weight excluding hydrogens is 268 g/mol. The van der Waals surface area contributed by atoms with Crippen LogP contribution in [0.4, 0.5) is 0 Å². The molecule has 2 rings (SSSR count). The molecule has 0 aromatic carbocycles. The van der Waals surface area contributed by atoms with Crippen LogP contribution in [0.5, 0.6) is 0 Å². The van der Waals surface area contributed by atoms with Gasteiger partial charge in [-0.05, 0) is 51.8 Å². The van der Waals surface area contributed by atoms with E-state index in [9.17, 15) is 4.79 Å². The van der Waals surface area contributed by atoms with Crippen LogP contribution in [0.15, 0.2) is 12.3 Å². The van der Waals surface area contributed by atoms with Gasteiger partial charge in [0.15, 0.2) is 0 Å². The number of piperidine rings is 1. The number of aliphatic carboxylic acids is 1. The molecule has 6 nitrogen and oxygen atoms in total. The third kappa shape index (κ3) is 5.13. The van der Waals surface area contributed by atoms with Gasteiger partial charge in [-0.15, -0.1) is 0 Å². The Labute approximate surface area is 126 Å². The Morgan fingerprint density at radius 2 is 2.38 bits per heavy atom. The van der Waals surface area contributed by atoms with Gasteiger partial charge in [0.05, 0.1) is 12.2 Å². The van der Waals surface area contributed by atoms with E-state index in [2.05, 4.69) is 35.2 Å². The minimum absolute atomic E-state index is 0.0509. The SMILES string of the molecule is CC(C)n1ccc(CN2CCCC(CNCC(=O)O)C2)n1. The summed E-state index contributed by atoms with van der Waals surface area (Å²) in [6, 6.07) is 2.49. The minimum Gasteiger partial charge on any atom is -0.480 e. The summed E-state index contributed by atoms with van der Waals surface area (Å²) in [7, 11) is 0. The summed E-state index contributed by atoms with van der Waals surface area (Å²) in [5.74, 6) is -0.257. The van der Waals surface area contributed by atoms with Gasteiger partial charge in [0.25, 0.3) is 0 Å². The van der Waals surface area contributed by atoms with E-state index in [0.29, 0.717) is 12.0 Å². The number of carboxylic acids is 1. The van der Waals surface area contributed by atoms with Gasteiger partial charge in [-0.25, -0.2) is 0 Å². The summed E-state index contributed by atoms with van der Waals surface area (Å²) in [5.41, 5.74) is 1.11. The summed E-state index contributed by atoms with van der Waals surface area (Å²) >= 11 is 0. The van der Waals surface area contributed by atoms with Crippen molar-refractivity contribution >= 4 is 5.97 Å². The lowest BCUT2D eigenvalue weighted by atomic mass is 9.98. The fourth-order valence-corrected chi connectivity index (χ4v) is 2.82. The minimum atomic E-state index is -0.790. The third-order valence-electron chi connectivity index (χ3n) is 3.89. The maximum atomic E-state index is 10.5. The molecule has 1 aromatic rings. The Hall–Kier alpha value is -1.40. The number of aromatic nitrogens is 2. The molecule has 1 atom stereocenters. The zero-order valence-electron chi connectivity index (χ0n) is 13.0. The smallest absolute Gasteiger partial charge is 0.317 e. The van der Waals surface area contributed by atoms with Gasteiger partial charge in [0, 0.05) is 25.3 Å². The van der Waals surface area contributed by atoms with Crippen LogP contribution in [0.2, 0.25) is 0 Å². The van der Waals surface area contributed by atoms with Crippen molar-refractivity contribution < 1.29 is 9.90 Å². The van der Waals surface area contributed by atoms with Crippen LogP contribution in [0.1, 0.15) is 38.4 Å². The fraction of sp³-hybridized carbons (Fsp3) is 0.733. The Bertz CT molecular complexity index is 458. The number of carboxylic acid groups (broad SMARTS) is 1. The maximum Gasteiger partial charge on any atom is 0.317 e. The third-order valence-corrected chi connectivity index (χ3v) is 3.89. The van der Waals surface area contributed by atoms with E-state index in [1.807, 2.05) is 10.9 Å². The van der Waals surface area contributed by atoms with Crippen LogP contribution >= 0.6 is 0 Å². The van der Waals surface area contributed by atoms with E-state index in [1.54, 1.807) is 0 Å². The molecule has 2 heterocycles. The normalized spacial score (nSPS) is 20.0. The number of hydrogen-bond donors (Lipinski definition) is 2. The molecule has 0 saturated carbocycles. The van der Waals surface area contributed by atoms with Crippen molar-refractivity contribution in [1.82, 2.24) is 20.0 Å². The van der Waals surface area contributed by atoms with E-state index in [4.69, 9.17) is 5.11 Å². The number of nitrogens with one attached hydrogen (secondary N) is 1. The molecule has 2 N–H and O–H groups in total. The summed E-state index contributed by atoms with van der Waals surface area (Å²) in [6.45, 7) is 8.09.